The molecular formula is C13H7Br2F2NO. The van der Waals surface area contributed by atoms with Crippen molar-refractivity contribution in [3.8, 4) is 0 Å². The highest BCUT2D eigenvalue weighted by Crippen LogP contribution is 2.22. The zero-order valence-electron chi connectivity index (χ0n) is 9.38. The van der Waals surface area contributed by atoms with E-state index in [1.54, 1.807) is 0 Å². The molecule has 1 amide bonds. The summed E-state index contributed by atoms with van der Waals surface area (Å²) in [6, 6.07) is 7.97. The maximum atomic E-state index is 13.3. The maximum absolute atomic E-state index is 13.3. The minimum Gasteiger partial charge on any atom is -0.322 e. The molecule has 0 bridgehead atoms. The molecule has 0 aliphatic carbocycles. The number of carbonyl (C=O) groups is 1. The number of benzene rings is 2. The van der Waals surface area contributed by atoms with Crippen LogP contribution in [-0.4, -0.2) is 5.91 Å². The summed E-state index contributed by atoms with van der Waals surface area (Å²) in [5, 5.41) is 2.50. The summed E-state index contributed by atoms with van der Waals surface area (Å²) >= 11 is 6.18. The molecule has 0 saturated carbocycles. The molecule has 0 radical (unpaired) electrons. The van der Waals surface area contributed by atoms with Gasteiger partial charge in [0.1, 0.15) is 11.6 Å². The Hall–Kier alpha value is -1.27. The van der Waals surface area contributed by atoms with E-state index >= 15 is 0 Å². The van der Waals surface area contributed by atoms with E-state index in [9.17, 15) is 13.6 Å². The average molecular weight is 391 g/mol. The van der Waals surface area contributed by atoms with E-state index in [1.165, 1.54) is 30.3 Å². The summed E-state index contributed by atoms with van der Waals surface area (Å²) in [5.74, 6) is -1.53. The maximum Gasteiger partial charge on any atom is 0.256 e. The van der Waals surface area contributed by atoms with Gasteiger partial charge in [0.2, 0.25) is 0 Å². The predicted molar refractivity (Wildman–Crippen MR) is 76.2 cm³/mol. The Labute approximate surface area is 125 Å². The lowest BCUT2D eigenvalue weighted by Crippen LogP contribution is -2.13. The first kappa shape index (κ1) is 14.1. The van der Waals surface area contributed by atoms with Crippen LogP contribution < -0.4 is 5.32 Å². The van der Waals surface area contributed by atoms with Crippen molar-refractivity contribution in [3.63, 3.8) is 0 Å². The minimum absolute atomic E-state index is 0.142. The number of halogens is 4. The van der Waals surface area contributed by atoms with E-state index in [2.05, 4.69) is 37.2 Å². The van der Waals surface area contributed by atoms with Gasteiger partial charge >= 0.3 is 0 Å². The number of hydrogen-bond acceptors (Lipinski definition) is 1. The molecule has 98 valence electrons. The second kappa shape index (κ2) is 5.79. The summed E-state index contributed by atoms with van der Waals surface area (Å²) in [4.78, 5) is 11.9. The monoisotopic (exact) mass is 389 g/mol. The van der Waals surface area contributed by atoms with Crippen molar-refractivity contribution in [1.82, 2.24) is 0 Å². The van der Waals surface area contributed by atoms with Gasteiger partial charge in [-0.1, -0.05) is 0 Å². The van der Waals surface area contributed by atoms with Crippen molar-refractivity contribution in [3.05, 3.63) is 62.5 Å². The zero-order chi connectivity index (χ0) is 14.0. The fourth-order valence-electron chi connectivity index (χ4n) is 1.44. The molecule has 0 aliphatic heterocycles. The lowest BCUT2D eigenvalue weighted by atomic mass is 10.2. The van der Waals surface area contributed by atoms with Crippen LogP contribution in [0.2, 0.25) is 0 Å². The van der Waals surface area contributed by atoms with Crippen molar-refractivity contribution in [2.45, 2.75) is 0 Å². The third-order valence-corrected chi connectivity index (χ3v) is 3.69. The Bertz CT molecular complexity index is 647. The molecule has 0 aliphatic rings. The van der Waals surface area contributed by atoms with Crippen LogP contribution in [0, 0.1) is 11.6 Å². The molecule has 0 aromatic heterocycles. The van der Waals surface area contributed by atoms with Gasteiger partial charge in [-0.15, -0.1) is 0 Å². The Kier molecular flexibility index (Phi) is 4.31. The summed E-state index contributed by atoms with van der Waals surface area (Å²) in [5.41, 5.74) is 0.435. The van der Waals surface area contributed by atoms with Gasteiger partial charge in [-0.05, 0) is 68.3 Å². The summed E-state index contributed by atoms with van der Waals surface area (Å²) in [6.07, 6.45) is 0. The highest BCUT2D eigenvalue weighted by Gasteiger charge is 2.12. The van der Waals surface area contributed by atoms with Gasteiger partial charge < -0.3 is 5.32 Å². The van der Waals surface area contributed by atoms with Gasteiger partial charge in [-0.2, -0.15) is 0 Å². The highest BCUT2D eigenvalue weighted by atomic mass is 79.9. The Morgan fingerprint density at radius 1 is 1.00 bits per heavy atom. The third-order valence-electron chi connectivity index (χ3n) is 2.35. The fourth-order valence-corrected chi connectivity index (χ4v) is 2.12. The van der Waals surface area contributed by atoms with Crippen LogP contribution in [0.15, 0.2) is 45.3 Å². The lowest BCUT2D eigenvalue weighted by Gasteiger charge is -2.07. The average Bonchev–Trinajstić information content (AvgIpc) is 2.36. The van der Waals surface area contributed by atoms with E-state index in [0.717, 1.165) is 6.07 Å². The standard InChI is InChI=1S/C13H7Br2F2NO/c14-10-3-1-7(16)5-9(10)13(19)18-8-2-4-11(15)12(17)6-8/h1-6H,(H,18,19). The number of rotatable bonds is 2. The van der Waals surface area contributed by atoms with Crippen LogP contribution in [0.25, 0.3) is 0 Å². The number of anilines is 1. The Morgan fingerprint density at radius 2 is 1.68 bits per heavy atom. The molecule has 0 spiro atoms. The summed E-state index contributed by atoms with van der Waals surface area (Å²) in [7, 11) is 0. The van der Waals surface area contributed by atoms with Gasteiger partial charge in [0.15, 0.2) is 0 Å². The number of carbonyl (C=O) groups excluding carboxylic acids is 1. The Morgan fingerprint density at radius 3 is 2.37 bits per heavy atom. The van der Waals surface area contributed by atoms with Crippen LogP contribution in [0.3, 0.4) is 0 Å². The molecule has 0 heterocycles. The van der Waals surface area contributed by atoms with Crippen molar-refractivity contribution in [2.24, 2.45) is 0 Å². The fraction of sp³-hybridized carbons (Fsp3) is 0. The highest BCUT2D eigenvalue weighted by molar-refractivity contribution is 9.10. The minimum atomic E-state index is -0.520. The molecule has 2 aromatic rings. The van der Waals surface area contributed by atoms with E-state index in [0.29, 0.717) is 14.6 Å². The zero-order valence-corrected chi connectivity index (χ0v) is 12.6. The molecule has 6 heteroatoms. The van der Waals surface area contributed by atoms with Crippen LogP contribution in [0.4, 0.5) is 14.5 Å². The number of nitrogens with one attached hydrogen (secondary N) is 1. The first-order chi connectivity index (χ1) is 8.97. The first-order valence-corrected chi connectivity index (χ1v) is 6.77. The topological polar surface area (TPSA) is 29.1 Å². The molecule has 0 unspecified atom stereocenters. The van der Waals surface area contributed by atoms with Crippen LogP contribution >= 0.6 is 31.9 Å². The van der Waals surface area contributed by atoms with E-state index in [-0.39, 0.29) is 5.56 Å². The third kappa shape index (κ3) is 3.39. The van der Waals surface area contributed by atoms with Gasteiger partial charge in [-0.3, -0.25) is 4.79 Å². The smallest absolute Gasteiger partial charge is 0.256 e. The SMILES string of the molecule is O=C(Nc1ccc(Br)c(F)c1)c1cc(F)ccc1Br. The van der Waals surface area contributed by atoms with Crippen molar-refractivity contribution in [1.29, 1.82) is 0 Å². The summed E-state index contributed by atoms with van der Waals surface area (Å²) in [6.45, 7) is 0. The van der Waals surface area contributed by atoms with E-state index in [1.807, 2.05) is 0 Å². The Balaban J connectivity index is 2.25. The van der Waals surface area contributed by atoms with Gasteiger partial charge in [-0.25, -0.2) is 8.78 Å². The van der Waals surface area contributed by atoms with E-state index < -0.39 is 17.5 Å². The molecule has 19 heavy (non-hydrogen) atoms. The first-order valence-electron chi connectivity index (χ1n) is 5.19. The molecule has 0 saturated heterocycles. The van der Waals surface area contributed by atoms with Gasteiger partial charge in [0.25, 0.3) is 5.91 Å². The van der Waals surface area contributed by atoms with Crippen molar-refractivity contribution < 1.29 is 13.6 Å². The number of amides is 1. The second-order valence-corrected chi connectivity index (χ2v) is 5.42. The largest absolute Gasteiger partial charge is 0.322 e. The van der Waals surface area contributed by atoms with Crippen LogP contribution in [0.5, 0.6) is 0 Å². The van der Waals surface area contributed by atoms with Crippen molar-refractivity contribution >= 4 is 43.5 Å². The van der Waals surface area contributed by atoms with Crippen LogP contribution in [0.1, 0.15) is 10.4 Å². The molecule has 2 aromatic carbocycles. The molecule has 0 fully saturated rings. The number of hydrogen-bond donors (Lipinski definition) is 1. The lowest BCUT2D eigenvalue weighted by molar-refractivity contribution is 0.102. The van der Waals surface area contributed by atoms with Crippen molar-refractivity contribution in [2.75, 3.05) is 5.32 Å². The second-order valence-electron chi connectivity index (χ2n) is 3.71. The van der Waals surface area contributed by atoms with E-state index in [4.69, 9.17) is 0 Å². The normalized spacial score (nSPS) is 10.3. The molecule has 1 N–H and O–H groups in total. The predicted octanol–water partition coefficient (Wildman–Crippen LogP) is 4.74. The summed E-state index contributed by atoms with van der Waals surface area (Å²) < 4.78 is 27.2. The molecule has 0 atom stereocenters. The molecular weight excluding hydrogens is 384 g/mol. The van der Waals surface area contributed by atoms with Crippen LogP contribution in [-0.2, 0) is 0 Å². The van der Waals surface area contributed by atoms with Gasteiger partial charge in [0.05, 0.1) is 10.0 Å². The quantitative estimate of drug-likeness (QED) is 0.788. The van der Waals surface area contributed by atoms with Gasteiger partial charge in [0, 0.05) is 10.2 Å². The molecule has 2 nitrogen and oxygen atoms in total. The molecule has 2 rings (SSSR count).